The number of ether oxygens (including phenoxy) is 1. The van der Waals surface area contributed by atoms with Gasteiger partial charge in [-0.15, -0.1) is 0 Å². The molecule has 0 bridgehead atoms. The molecule has 0 amide bonds. The van der Waals surface area contributed by atoms with Crippen molar-refractivity contribution >= 4 is 5.95 Å². The first kappa shape index (κ1) is 16.7. The Morgan fingerprint density at radius 1 is 1.27 bits per heavy atom. The molecular weight excluding hydrogens is 334 g/mol. The Bertz CT molecular complexity index is 840. The lowest BCUT2D eigenvalue weighted by Crippen LogP contribution is -2.39. The average Bonchev–Trinajstić information content (AvgIpc) is 3.34. The first-order valence-electron chi connectivity index (χ1n) is 8.67. The summed E-state index contributed by atoms with van der Waals surface area (Å²) in [6.07, 6.45) is 5.04. The second-order valence-electron chi connectivity index (χ2n) is 6.18. The maximum absolute atomic E-state index is 5.39. The van der Waals surface area contributed by atoms with Gasteiger partial charge in [-0.25, -0.2) is 9.97 Å². The third-order valence-corrected chi connectivity index (χ3v) is 4.29. The molecule has 3 aromatic heterocycles. The third-order valence-electron chi connectivity index (χ3n) is 4.29. The van der Waals surface area contributed by atoms with Gasteiger partial charge in [0.1, 0.15) is 0 Å². The first-order valence-corrected chi connectivity index (χ1v) is 8.67. The fourth-order valence-electron chi connectivity index (χ4n) is 2.91. The van der Waals surface area contributed by atoms with E-state index in [4.69, 9.17) is 13.7 Å². The predicted molar refractivity (Wildman–Crippen MR) is 95.7 cm³/mol. The Balaban J connectivity index is 1.52. The molecule has 1 aliphatic heterocycles. The lowest BCUT2D eigenvalue weighted by atomic mass is 10.1. The van der Waals surface area contributed by atoms with E-state index in [9.17, 15) is 0 Å². The van der Waals surface area contributed by atoms with Crippen molar-refractivity contribution in [2.45, 2.75) is 6.92 Å². The van der Waals surface area contributed by atoms with E-state index in [0.29, 0.717) is 11.7 Å². The van der Waals surface area contributed by atoms with E-state index in [0.717, 1.165) is 61.9 Å². The number of rotatable bonds is 6. The van der Waals surface area contributed by atoms with Crippen LogP contribution in [0.5, 0.6) is 0 Å². The molecule has 0 saturated carbocycles. The maximum Gasteiger partial charge on any atom is 0.223 e. The molecule has 26 heavy (non-hydrogen) atoms. The van der Waals surface area contributed by atoms with Crippen LogP contribution in [-0.2, 0) is 4.74 Å². The molecule has 0 radical (unpaired) electrons. The topological polar surface area (TPSA) is 89.5 Å². The van der Waals surface area contributed by atoms with Gasteiger partial charge in [-0.3, -0.25) is 4.90 Å². The normalized spacial score (nSPS) is 15.3. The Morgan fingerprint density at radius 2 is 2.15 bits per heavy atom. The number of anilines is 1. The van der Waals surface area contributed by atoms with Gasteiger partial charge in [0.05, 0.1) is 42.7 Å². The molecule has 4 rings (SSSR count). The largest absolute Gasteiger partial charge is 0.472 e. The maximum atomic E-state index is 5.39. The molecule has 1 fully saturated rings. The van der Waals surface area contributed by atoms with E-state index in [1.807, 2.05) is 19.1 Å². The number of aryl methyl sites for hydroxylation is 1. The number of nitrogens with zero attached hydrogens (tertiary/aromatic N) is 4. The van der Waals surface area contributed by atoms with Crippen LogP contribution in [0.25, 0.3) is 22.6 Å². The van der Waals surface area contributed by atoms with E-state index in [-0.39, 0.29) is 0 Å². The van der Waals surface area contributed by atoms with Crippen molar-refractivity contribution in [3.05, 3.63) is 36.5 Å². The Morgan fingerprint density at radius 3 is 2.88 bits per heavy atom. The van der Waals surface area contributed by atoms with E-state index in [2.05, 4.69) is 25.3 Å². The zero-order valence-electron chi connectivity index (χ0n) is 14.6. The molecule has 4 heterocycles. The minimum absolute atomic E-state index is 0.578. The highest BCUT2D eigenvalue weighted by Crippen LogP contribution is 2.31. The van der Waals surface area contributed by atoms with E-state index < -0.39 is 0 Å². The number of morpholine rings is 1. The molecule has 3 aromatic rings. The molecule has 136 valence electrons. The van der Waals surface area contributed by atoms with Crippen LogP contribution >= 0.6 is 0 Å². The minimum Gasteiger partial charge on any atom is -0.472 e. The van der Waals surface area contributed by atoms with Crippen molar-refractivity contribution in [2.75, 3.05) is 44.7 Å². The van der Waals surface area contributed by atoms with Crippen molar-refractivity contribution in [3.63, 3.8) is 0 Å². The second-order valence-corrected chi connectivity index (χ2v) is 6.18. The van der Waals surface area contributed by atoms with Crippen LogP contribution in [0.2, 0.25) is 0 Å². The van der Waals surface area contributed by atoms with Gasteiger partial charge in [0.15, 0.2) is 5.76 Å². The standard InChI is InChI=1S/C18H21N5O3/c1-13-10-16(26-22-13)15-11-20-18(21-17(15)14-2-7-25-12-14)19-3-4-23-5-8-24-9-6-23/h2,7,10-12H,3-6,8-9H2,1H3,(H,19,20,21). The number of nitrogens with one attached hydrogen (secondary N) is 1. The van der Waals surface area contributed by atoms with Gasteiger partial charge in [-0.2, -0.15) is 0 Å². The molecule has 1 N–H and O–H groups in total. The Labute approximate surface area is 151 Å². The molecule has 0 atom stereocenters. The van der Waals surface area contributed by atoms with E-state index in [1.165, 1.54) is 0 Å². The van der Waals surface area contributed by atoms with Crippen molar-refractivity contribution in [2.24, 2.45) is 0 Å². The highest BCUT2D eigenvalue weighted by Gasteiger charge is 2.16. The zero-order valence-corrected chi connectivity index (χ0v) is 14.6. The molecule has 0 spiro atoms. The summed E-state index contributed by atoms with van der Waals surface area (Å²) in [5.74, 6) is 1.22. The summed E-state index contributed by atoms with van der Waals surface area (Å²) in [5.41, 5.74) is 3.21. The fourth-order valence-corrected chi connectivity index (χ4v) is 2.91. The van der Waals surface area contributed by atoms with Gasteiger partial charge < -0.3 is 19.0 Å². The zero-order chi connectivity index (χ0) is 17.8. The quantitative estimate of drug-likeness (QED) is 0.721. The van der Waals surface area contributed by atoms with Crippen LogP contribution in [0.15, 0.2) is 39.8 Å². The summed E-state index contributed by atoms with van der Waals surface area (Å²) in [6, 6.07) is 3.74. The van der Waals surface area contributed by atoms with Crippen LogP contribution in [0.4, 0.5) is 5.95 Å². The number of hydrogen-bond acceptors (Lipinski definition) is 8. The van der Waals surface area contributed by atoms with Gasteiger partial charge >= 0.3 is 0 Å². The molecule has 1 aliphatic rings. The van der Waals surface area contributed by atoms with Gasteiger partial charge in [0, 0.05) is 44.0 Å². The minimum atomic E-state index is 0.578. The lowest BCUT2D eigenvalue weighted by molar-refractivity contribution is 0.0398. The first-order chi connectivity index (χ1) is 12.8. The van der Waals surface area contributed by atoms with Crippen LogP contribution in [0, 0.1) is 6.92 Å². The van der Waals surface area contributed by atoms with Crippen molar-refractivity contribution in [3.8, 4) is 22.6 Å². The molecule has 0 unspecified atom stereocenters. The average molecular weight is 355 g/mol. The smallest absolute Gasteiger partial charge is 0.223 e. The van der Waals surface area contributed by atoms with Crippen LogP contribution in [-0.4, -0.2) is 59.4 Å². The summed E-state index contributed by atoms with van der Waals surface area (Å²) in [7, 11) is 0. The summed E-state index contributed by atoms with van der Waals surface area (Å²) in [4.78, 5) is 11.5. The van der Waals surface area contributed by atoms with Gasteiger partial charge in [-0.1, -0.05) is 5.16 Å². The third kappa shape index (κ3) is 3.76. The fraction of sp³-hybridized carbons (Fsp3) is 0.389. The molecule has 8 heteroatoms. The number of aromatic nitrogens is 3. The van der Waals surface area contributed by atoms with Crippen molar-refractivity contribution < 1.29 is 13.7 Å². The van der Waals surface area contributed by atoms with Gasteiger partial charge in [0.25, 0.3) is 0 Å². The summed E-state index contributed by atoms with van der Waals surface area (Å²) in [5, 5.41) is 7.25. The predicted octanol–water partition coefficient (Wildman–Crippen LogP) is 2.44. The van der Waals surface area contributed by atoms with E-state index in [1.54, 1.807) is 18.7 Å². The van der Waals surface area contributed by atoms with Crippen molar-refractivity contribution in [1.29, 1.82) is 0 Å². The highest BCUT2D eigenvalue weighted by molar-refractivity contribution is 5.77. The number of hydrogen-bond donors (Lipinski definition) is 1. The Kier molecular flexibility index (Phi) is 4.94. The summed E-state index contributed by atoms with van der Waals surface area (Å²) < 4.78 is 16.0. The van der Waals surface area contributed by atoms with Gasteiger partial charge in [0.2, 0.25) is 5.95 Å². The Hall–Kier alpha value is -2.71. The van der Waals surface area contributed by atoms with Crippen LogP contribution in [0.1, 0.15) is 5.69 Å². The van der Waals surface area contributed by atoms with Crippen LogP contribution < -0.4 is 5.32 Å². The van der Waals surface area contributed by atoms with E-state index >= 15 is 0 Å². The van der Waals surface area contributed by atoms with Crippen LogP contribution in [0.3, 0.4) is 0 Å². The SMILES string of the molecule is Cc1cc(-c2cnc(NCCN3CCOCC3)nc2-c2ccoc2)on1. The monoisotopic (exact) mass is 355 g/mol. The summed E-state index contributed by atoms with van der Waals surface area (Å²) in [6.45, 7) is 7.10. The second kappa shape index (κ2) is 7.67. The molecule has 8 nitrogen and oxygen atoms in total. The molecular formula is C18H21N5O3. The molecule has 0 aromatic carbocycles. The highest BCUT2D eigenvalue weighted by atomic mass is 16.5. The van der Waals surface area contributed by atoms with Gasteiger partial charge in [-0.05, 0) is 13.0 Å². The summed E-state index contributed by atoms with van der Waals surface area (Å²) >= 11 is 0. The number of furan rings is 1. The molecule has 1 saturated heterocycles. The molecule has 0 aliphatic carbocycles. The van der Waals surface area contributed by atoms with Crippen molar-refractivity contribution in [1.82, 2.24) is 20.0 Å². The lowest BCUT2D eigenvalue weighted by Gasteiger charge is -2.26.